The van der Waals surface area contributed by atoms with Crippen LogP contribution in [-0.4, -0.2) is 54.0 Å². The van der Waals surface area contributed by atoms with Gasteiger partial charge in [-0.1, -0.05) is 0 Å². The largest absolute Gasteiger partial charge is 0.340 e. The van der Waals surface area contributed by atoms with Gasteiger partial charge in [-0.05, 0) is 25.7 Å². The van der Waals surface area contributed by atoms with Crippen LogP contribution >= 0.6 is 0 Å². The van der Waals surface area contributed by atoms with Gasteiger partial charge >= 0.3 is 6.03 Å². The zero-order chi connectivity index (χ0) is 14.2. The minimum atomic E-state index is -0.908. The minimum absolute atomic E-state index is 0.0474. The van der Waals surface area contributed by atoms with E-state index in [0.29, 0.717) is 32.0 Å². The monoisotopic (exact) mass is 280 g/mol. The molecule has 0 aromatic heterocycles. The van der Waals surface area contributed by atoms with Crippen molar-refractivity contribution in [2.45, 2.75) is 43.7 Å². The molecule has 1 aliphatic carbocycles. The molecule has 110 valence electrons. The Bertz CT molecular complexity index is 449. The van der Waals surface area contributed by atoms with Gasteiger partial charge in [-0.3, -0.25) is 14.9 Å². The van der Waals surface area contributed by atoms with Gasteiger partial charge in [0.15, 0.2) is 0 Å². The second-order valence-corrected chi connectivity index (χ2v) is 5.89. The van der Waals surface area contributed by atoms with Crippen molar-refractivity contribution < 1.29 is 14.4 Å². The van der Waals surface area contributed by atoms with Gasteiger partial charge in [0.05, 0.1) is 6.54 Å². The zero-order valence-electron chi connectivity index (χ0n) is 11.4. The molecule has 1 atom stereocenters. The van der Waals surface area contributed by atoms with Crippen molar-refractivity contribution in [3.8, 4) is 0 Å². The van der Waals surface area contributed by atoms with Gasteiger partial charge in [-0.15, -0.1) is 0 Å². The van der Waals surface area contributed by atoms with Crippen LogP contribution in [0.2, 0.25) is 0 Å². The van der Waals surface area contributed by atoms with Crippen molar-refractivity contribution in [3.63, 3.8) is 0 Å². The fourth-order valence-corrected chi connectivity index (χ4v) is 2.91. The minimum Gasteiger partial charge on any atom is -0.340 e. The Morgan fingerprint density at radius 2 is 2.20 bits per heavy atom. The Hall–Kier alpha value is -1.63. The summed E-state index contributed by atoms with van der Waals surface area (Å²) in [5, 5.41) is 8.25. The molecular weight excluding hydrogens is 260 g/mol. The summed E-state index contributed by atoms with van der Waals surface area (Å²) < 4.78 is 0. The number of carbonyl (C=O) groups is 3. The quantitative estimate of drug-likeness (QED) is 0.596. The Morgan fingerprint density at radius 1 is 1.40 bits per heavy atom. The zero-order valence-corrected chi connectivity index (χ0v) is 11.4. The van der Waals surface area contributed by atoms with E-state index in [1.54, 1.807) is 4.90 Å². The van der Waals surface area contributed by atoms with E-state index >= 15 is 0 Å². The highest BCUT2D eigenvalue weighted by atomic mass is 16.2. The summed E-state index contributed by atoms with van der Waals surface area (Å²) >= 11 is 0. The van der Waals surface area contributed by atoms with Crippen LogP contribution in [0.25, 0.3) is 0 Å². The fourth-order valence-electron chi connectivity index (χ4n) is 2.91. The lowest BCUT2D eigenvalue weighted by Crippen LogP contribution is -2.59. The molecule has 20 heavy (non-hydrogen) atoms. The summed E-state index contributed by atoms with van der Waals surface area (Å²) in [7, 11) is 0. The summed E-state index contributed by atoms with van der Waals surface area (Å²) in [6.45, 7) is 1.63. The molecule has 0 aromatic carbocycles. The third-order valence-corrected chi connectivity index (χ3v) is 4.21. The molecule has 1 saturated carbocycles. The molecule has 7 nitrogen and oxygen atoms in total. The molecule has 0 aromatic rings. The van der Waals surface area contributed by atoms with Gasteiger partial charge in [0.1, 0.15) is 5.54 Å². The van der Waals surface area contributed by atoms with Gasteiger partial charge in [0.25, 0.3) is 5.91 Å². The SMILES string of the molecule is O=C1NC(=O)C2(CCCN(C(=O)CCNC3CC3)C2)N1. The number of piperidine rings is 1. The summed E-state index contributed by atoms with van der Waals surface area (Å²) in [5.41, 5.74) is -0.908. The molecule has 3 fully saturated rings. The molecule has 2 saturated heterocycles. The molecule has 3 rings (SSSR count). The number of urea groups is 1. The molecule has 3 N–H and O–H groups in total. The van der Waals surface area contributed by atoms with Crippen molar-refractivity contribution in [3.05, 3.63) is 0 Å². The number of nitrogens with zero attached hydrogens (tertiary/aromatic N) is 1. The summed E-state index contributed by atoms with van der Waals surface area (Å²) in [4.78, 5) is 37.1. The van der Waals surface area contributed by atoms with Crippen LogP contribution in [0.4, 0.5) is 4.79 Å². The van der Waals surface area contributed by atoms with Crippen molar-refractivity contribution in [2.75, 3.05) is 19.6 Å². The van der Waals surface area contributed by atoms with Crippen LogP contribution in [-0.2, 0) is 9.59 Å². The summed E-state index contributed by atoms with van der Waals surface area (Å²) in [5.74, 6) is -0.262. The van der Waals surface area contributed by atoms with Gasteiger partial charge in [0, 0.05) is 25.6 Å². The number of likely N-dealkylation sites (tertiary alicyclic amines) is 1. The maximum atomic E-state index is 12.2. The van der Waals surface area contributed by atoms with E-state index in [4.69, 9.17) is 0 Å². The number of carbonyl (C=O) groups excluding carboxylic acids is 3. The van der Waals surface area contributed by atoms with Crippen LogP contribution < -0.4 is 16.0 Å². The van der Waals surface area contributed by atoms with Crippen molar-refractivity contribution in [1.29, 1.82) is 0 Å². The molecule has 0 radical (unpaired) electrons. The Morgan fingerprint density at radius 3 is 2.85 bits per heavy atom. The lowest BCUT2D eigenvalue weighted by atomic mass is 9.89. The van der Waals surface area contributed by atoms with E-state index in [9.17, 15) is 14.4 Å². The normalized spacial score (nSPS) is 29.5. The second-order valence-electron chi connectivity index (χ2n) is 5.89. The summed E-state index contributed by atoms with van der Waals surface area (Å²) in [6.07, 6.45) is 4.17. The first-order valence-corrected chi connectivity index (χ1v) is 7.24. The topological polar surface area (TPSA) is 90.5 Å². The van der Waals surface area contributed by atoms with E-state index in [1.807, 2.05) is 0 Å². The Balaban J connectivity index is 1.55. The van der Waals surface area contributed by atoms with Gasteiger partial charge in [-0.2, -0.15) is 0 Å². The first-order chi connectivity index (χ1) is 9.59. The number of hydrogen-bond acceptors (Lipinski definition) is 4. The van der Waals surface area contributed by atoms with Crippen molar-refractivity contribution in [2.24, 2.45) is 0 Å². The average molecular weight is 280 g/mol. The van der Waals surface area contributed by atoms with E-state index in [0.717, 1.165) is 6.42 Å². The molecule has 0 bridgehead atoms. The average Bonchev–Trinajstić information content (AvgIpc) is 3.18. The molecule has 7 heteroatoms. The molecule has 1 spiro atoms. The second kappa shape index (κ2) is 5.05. The van der Waals surface area contributed by atoms with Crippen LogP contribution in [0.3, 0.4) is 0 Å². The molecule has 4 amide bonds. The third-order valence-electron chi connectivity index (χ3n) is 4.21. The number of amides is 4. The number of rotatable bonds is 4. The van der Waals surface area contributed by atoms with Crippen LogP contribution in [0, 0.1) is 0 Å². The van der Waals surface area contributed by atoms with Crippen molar-refractivity contribution >= 4 is 17.8 Å². The lowest BCUT2D eigenvalue weighted by molar-refractivity contribution is -0.136. The molecule has 2 heterocycles. The van der Waals surface area contributed by atoms with E-state index in [-0.39, 0.29) is 18.4 Å². The standard InChI is InChI=1S/C13H20N4O3/c18-10(4-6-14-9-2-3-9)17-7-1-5-13(8-17)11(19)15-12(20)16-13/h9,14H,1-8H2,(H2,15,16,19,20). The Labute approximate surface area is 117 Å². The summed E-state index contributed by atoms with van der Waals surface area (Å²) in [6, 6.07) is 0.134. The van der Waals surface area contributed by atoms with Gasteiger partial charge in [-0.25, -0.2) is 4.79 Å². The van der Waals surface area contributed by atoms with E-state index < -0.39 is 11.6 Å². The smallest absolute Gasteiger partial charge is 0.322 e. The van der Waals surface area contributed by atoms with Crippen LogP contribution in [0.15, 0.2) is 0 Å². The predicted octanol–water partition coefficient (Wildman–Crippen LogP) is -0.671. The number of hydrogen-bond donors (Lipinski definition) is 3. The highest BCUT2D eigenvalue weighted by Gasteiger charge is 2.49. The highest BCUT2D eigenvalue weighted by Crippen LogP contribution is 2.25. The molecular formula is C13H20N4O3. The Kier molecular flexibility index (Phi) is 3.37. The van der Waals surface area contributed by atoms with Crippen LogP contribution in [0.1, 0.15) is 32.1 Å². The highest BCUT2D eigenvalue weighted by molar-refractivity contribution is 6.07. The maximum Gasteiger partial charge on any atom is 0.322 e. The van der Waals surface area contributed by atoms with Gasteiger partial charge < -0.3 is 15.5 Å². The molecule has 2 aliphatic heterocycles. The number of nitrogens with one attached hydrogen (secondary N) is 3. The molecule has 1 unspecified atom stereocenters. The van der Waals surface area contributed by atoms with E-state index in [2.05, 4.69) is 16.0 Å². The first kappa shape index (κ1) is 13.4. The third kappa shape index (κ3) is 2.63. The van der Waals surface area contributed by atoms with Gasteiger partial charge in [0.2, 0.25) is 5.91 Å². The fraction of sp³-hybridized carbons (Fsp3) is 0.769. The predicted molar refractivity (Wildman–Crippen MR) is 70.9 cm³/mol. The molecule has 3 aliphatic rings. The lowest BCUT2D eigenvalue weighted by Gasteiger charge is -2.38. The first-order valence-electron chi connectivity index (χ1n) is 7.24. The van der Waals surface area contributed by atoms with Crippen LogP contribution in [0.5, 0.6) is 0 Å². The van der Waals surface area contributed by atoms with Crippen molar-refractivity contribution in [1.82, 2.24) is 20.9 Å². The maximum absolute atomic E-state index is 12.2. The number of imide groups is 1. The van der Waals surface area contributed by atoms with E-state index in [1.165, 1.54) is 12.8 Å².